The van der Waals surface area contributed by atoms with E-state index >= 15 is 0 Å². The number of unbranched alkanes of at least 4 members (excludes halogenated alkanes) is 1. The molecule has 1 rings (SSSR count). The molecule has 0 saturated heterocycles. The van der Waals surface area contributed by atoms with Gasteiger partial charge < -0.3 is 9.84 Å². The number of aromatic carboxylic acids is 1. The van der Waals surface area contributed by atoms with E-state index in [1.165, 1.54) is 24.3 Å². The third-order valence-electron chi connectivity index (χ3n) is 2.47. The van der Waals surface area contributed by atoms with E-state index in [2.05, 4.69) is 0 Å². The van der Waals surface area contributed by atoms with E-state index in [0.717, 1.165) is 0 Å². The van der Waals surface area contributed by atoms with Crippen molar-refractivity contribution in [3.8, 4) is 0 Å². The maximum atomic E-state index is 11.9. The van der Waals surface area contributed by atoms with Gasteiger partial charge in [0.25, 0.3) is 0 Å². The van der Waals surface area contributed by atoms with E-state index in [9.17, 15) is 13.2 Å². The second kappa shape index (κ2) is 6.51. The topological polar surface area (TPSA) is 80.7 Å². The summed E-state index contributed by atoms with van der Waals surface area (Å²) in [6, 6.07) is 5.25. The average Bonchev–Trinajstić information content (AvgIpc) is 2.35. The molecule has 0 spiro atoms. The summed E-state index contributed by atoms with van der Waals surface area (Å²) in [4.78, 5) is 10.8. The molecule has 6 heteroatoms. The summed E-state index contributed by atoms with van der Waals surface area (Å²) in [5, 5.41) is 8.72. The highest BCUT2D eigenvalue weighted by molar-refractivity contribution is 7.91. The fraction of sp³-hybridized carbons (Fsp3) is 0.417. The van der Waals surface area contributed by atoms with Crippen molar-refractivity contribution in [1.82, 2.24) is 0 Å². The van der Waals surface area contributed by atoms with Gasteiger partial charge in [0.05, 0.1) is 16.2 Å². The van der Waals surface area contributed by atoms with Crippen molar-refractivity contribution in [2.45, 2.75) is 17.7 Å². The van der Waals surface area contributed by atoms with Gasteiger partial charge in [0.1, 0.15) is 0 Å². The van der Waals surface area contributed by atoms with E-state index in [0.29, 0.717) is 19.4 Å². The lowest BCUT2D eigenvalue weighted by atomic mass is 10.2. The van der Waals surface area contributed by atoms with Crippen LogP contribution in [0.4, 0.5) is 0 Å². The molecule has 0 bridgehead atoms. The van der Waals surface area contributed by atoms with Gasteiger partial charge in [0, 0.05) is 13.7 Å². The first kappa shape index (κ1) is 14.7. The molecule has 1 aromatic carbocycles. The summed E-state index contributed by atoms with van der Waals surface area (Å²) in [7, 11) is -1.76. The van der Waals surface area contributed by atoms with Crippen LogP contribution in [0.1, 0.15) is 23.2 Å². The zero-order chi connectivity index (χ0) is 13.6. The standard InChI is InChI=1S/C12H16O5S/c1-17-8-2-3-9-18(15,16)11-6-4-10(5-7-11)12(13)14/h4-7H,2-3,8-9H2,1H3,(H,13,14). The van der Waals surface area contributed by atoms with Gasteiger partial charge in [-0.2, -0.15) is 0 Å². The van der Waals surface area contributed by atoms with Gasteiger partial charge in [0.2, 0.25) is 0 Å². The van der Waals surface area contributed by atoms with Gasteiger partial charge >= 0.3 is 5.97 Å². The summed E-state index contributed by atoms with van der Waals surface area (Å²) >= 11 is 0. The van der Waals surface area contributed by atoms with Crippen LogP contribution in [-0.4, -0.2) is 39.0 Å². The minimum absolute atomic E-state index is 0.0444. The van der Waals surface area contributed by atoms with Crippen LogP contribution in [0.2, 0.25) is 0 Å². The third kappa shape index (κ3) is 4.12. The number of ether oxygens (including phenoxy) is 1. The number of hydrogen-bond donors (Lipinski definition) is 1. The fourth-order valence-corrected chi connectivity index (χ4v) is 2.83. The van der Waals surface area contributed by atoms with E-state index in [-0.39, 0.29) is 16.2 Å². The summed E-state index contributed by atoms with van der Waals surface area (Å²) in [5.41, 5.74) is 0.0772. The molecule has 0 aliphatic carbocycles. The Morgan fingerprint density at radius 3 is 2.33 bits per heavy atom. The predicted molar refractivity (Wildman–Crippen MR) is 66.6 cm³/mol. The number of carbonyl (C=O) groups is 1. The van der Waals surface area contributed by atoms with Gasteiger partial charge in [-0.15, -0.1) is 0 Å². The molecular weight excluding hydrogens is 256 g/mol. The van der Waals surface area contributed by atoms with Crippen LogP contribution >= 0.6 is 0 Å². The molecule has 0 heterocycles. The third-order valence-corrected chi connectivity index (χ3v) is 4.29. The lowest BCUT2D eigenvalue weighted by Gasteiger charge is -2.04. The molecule has 1 aromatic rings. The summed E-state index contributed by atoms with van der Waals surface area (Å²) in [6.07, 6.45) is 1.21. The number of carboxylic acids is 1. The molecule has 0 aromatic heterocycles. The SMILES string of the molecule is COCCCCS(=O)(=O)c1ccc(C(=O)O)cc1. The van der Waals surface area contributed by atoms with E-state index in [1.54, 1.807) is 7.11 Å². The fourth-order valence-electron chi connectivity index (χ4n) is 1.46. The second-order valence-electron chi connectivity index (χ2n) is 3.85. The van der Waals surface area contributed by atoms with Crippen LogP contribution in [-0.2, 0) is 14.6 Å². The highest BCUT2D eigenvalue weighted by atomic mass is 32.2. The first-order valence-corrected chi connectivity index (χ1v) is 7.17. The van der Waals surface area contributed by atoms with Gasteiger partial charge in [-0.1, -0.05) is 0 Å². The number of carboxylic acid groups (broad SMARTS) is 1. The lowest BCUT2D eigenvalue weighted by Crippen LogP contribution is -2.08. The number of rotatable bonds is 7. The number of hydrogen-bond acceptors (Lipinski definition) is 4. The molecule has 0 fully saturated rings. The Kier molecular flexibility index (Phi) is 5.30. The Morgan fingerprint density at radius 2 is 1.83 bits per heavy atom. The molecule has 0 amide bonds. The minimum atomic E-state index is -3.33. The van der Waals surface area contributed by atoms with Gasteiger partial charge in [-0.3, -0.25) is 0 Å². The second-order valence-corrected chi connectivity index (χ2v) is 5.96. The van der Waals surface area contributed by atoms with Gasteiger partial charge in [-0.05, 0) is 37.1 Å². The zero-order valence-corrected chi connectivity index (χ0v) is 10.9. The predicted octanol–water partition coefficient (Wildman–Crippen LogP) is 1.59. The first-order valence-electron chi connectivity index (χ1n) is 5.52. The van der Waals surface area contributed by atoms with Crippen LogP contribution in [0.15, 0.2) is 29.2 Å². The van der Waals surface area contributed by atoms with Crippen LogP contribution in [0, 0.1) is 0 Å². The molecule has 0 aliphatic rings. The van der Waals surface area contributed by atoms with Crippen molar-refractivity contribution in [2.24, 2.45) is 0 Å². The smallest absolute Gasteiger partial charge is 0.335 e. The molecule has 0 unspecified atom stereocenters. The maximum Gasteiger partial charge on any atom is 0.335 e. The summed E-state index contributed by atoms with van der Waals surface area (Å²) in [6.45, 7) is 0.535. The van der Waals surface area contributed by atoms with Crippen molar-refractivity contribution in [1.29, 1.82) is 0 Å². The highest BCUT2D eigenvalue weighted by Gasteiger charge is 2.14. The Labute approximate surface area is 106 Å². The van der Waals surface area contributed by atoms with Gasteiger partial charge in [0.15, 0.2) is 9.84 Å². The van der Waals surface area contributed by atoms with E-state index in [1.807, 2.05) is 0 Å². The summed E-state index contributed by atoms with van der Waals surface area (Å²) < 4.78 is 28.6. The molecule has 0 saturated carbocycles. The van der Waals surface area contributed by atoms with Crippen molar-refractivity contribution >= 4 is 15.8 Å². The zero-order valence-electron chi connectivity index (χ0n) is 10.1. The first-order chi connectivity index (χ1) is 8.47. The largest absolute Gasteiger partial charge is 0.478 e. The quantitative estimate of drug-likeness (QED) is 0.762. The molecule has 0 radical (unpaired) electrons. The van der Waals surface area contributed by atoms with Crippen LogP contribution < -0.4 is 0 Å². The summed E-state index contributed by atoms with van der Waals surface area (Å²) in [5.74, 6) is -1.03. The molecular formula is C12H16O5S. The lowest BCUT2D eigenvalue weighted by molar-refractivity contribution is 0.0696. The normalized spacial score (nSPS) is 11.4. The van der Waals surface area contributed by atoms with Crippen LogP contribution in [0.25, 0.3) is 0 Å². The van der Waals surface area contributed by atoms with E-state index in [4.69, 9.17) is 9.84 Å². The van der Waals surface area contributed by atoms with Crippen molar-refractivity contribution in [2.75, 3.05) is 19.5 Å². The molecule has 100 valence electrons. The Bertz CT molecular complexity index is 490. The highest BCUT2D eigenvalue weighted by Crippen LogP contribution is 2.14. The molecule has 0 atom stereocenters. The Hall–Kier alpha value is -1.40. The number of methoxy groups -OCH3 is 1. The van der Waals surface area contributed by atoms with E-state index < -0.39 is 15.8 Å². The molecule has 1 N–H and O–H groups in total. The Balaban J connectivity index is 2.70. The molecule has 18 heavy (non-hydrogen) atoms. The van der Waals surface area contributed by atoms with Crippen molar-refractivity contribution in [3.63, 3.8) is 0 Å². The maximum absolute atomic E-state index is 11.9. The van der Waals surface area contributed by atoms with Crippen LogP contribution in [0.3, 0.4) is 0 Å². The minimum Gasteiger partial charge on any atom is -0.478 e. The number of sulfone groups is 1. The number of benzene rings is 1. The van der Waals surface area contributed by atoms with Crippen LogP contribution in [0.5, 0.6) is 0 Å². The van der Waals surface area contributed by atoms with Gasteiger partial charge in [-0.25, -0.2) is 13.2 Å². The Morgan fingerprint density at radius 1 is 1.22 bits per heavy atom. The van der Waals surface area contributed by atoms with Crippen molar-refractivity contribution < 1.29 is 23.1 Å². The molecule has 0 aliphatic heterocycles. The average molecular weight is 272 g/mol. The monoisotopic (exact) mass is 272 g/mol. The van der Waals surface area contributed by atoms with Crippen molar-refractivity contribution in [3.05, 3.63) is 29.8 Å². The molecule has 5 nitrogen and oxygen atoms in total.